The fourth-order valence-corrected chi connectivity index (χ4v) is 2.69. The Hall–Kier alpha value is -1.41. The number of rotatable bonds is 7. The maximum atomic E-state index is 5.33. The van der Waals surface area contributed by atoms with Crippen LogP contribution in [0.5, 0.6) is 0 Å². The van der Waals surface area contributed by atoms with Crippen molar-refractivity contribution in [3.8, 4) is 0 Å². The van der Waals surface area contributed by atoms with Gasteiger partial charge < -0.3 is 13.8 Å². The van der Waals surface area contributed by atoms with Crippen molar-refractivity contribution < 1.29 is 9.26 Å². The molecular formula is C12H17N5O2S. The van der Waals surface area contributed by atoms with Gasteiger partial charge in [0.05, 0.1) is 11.9 Å². The number of hydrogen-bond acceptors (Lipinski definition) is 7. The number of ether oxygens (including phenoxy) is 1. The van der Waals surface area contributed by atoms with Gasteiger partial charge in [0.25, 0.3) is 0 Å². The van der Waals surface area contributed by atoms with E-state index in [9.17, 15) is 0 Å². The lowest BCUT2D eigenvalue weighted by Gasteiger charge is -2.07. The molecule has 2 aromatic rings. The molecule has 0 amide bonds. The Kier molecular flexibility index (Phi) is 4.02. The SMILES string of the molecule is COCCn1cnnc1S[C@@H](C)c1nc(C2CC2)no1. The molecule has 0 aromatic carbocycles. The highest BCUT2D eigenvalue weighted by Gasteiger charge is 2.30. The van der Waals surface area contributed by atoms with Gasteiger partial charge in [0.1, 0.15) is 6.33 Å². The fourth-order valence-electron chi connectivity index (χ4n) is 1.81. The lowest BCUT2D eigenvalue weighted by molar-refractivity contribution is 0.184. The van der Waals surface area contributed by atoms with Crippen LogP contribution >= 0.6 is 11.8 Å². The average Bonchev–Trinajstić information content (AvgIpc) is 3.01. The van der Waals surface area contributed by atoms with Crippen molar-refractivity contribution in [1.82, 2.24) is 24.9 Å². The molecule has 0 radical (unpaired) electrons. The van der Waals surface area contributed by atoms with Gasteiger partial charge in [0.15, 0.2) is 11.0 Å². The second-order valence-electron chi connectivity index (χ2n) is 4.82. The second kappa shape index (κ2) is 5.92. The van der Waals surface area contributed by atoms with E-state index in [1.807, 2.05) is 11.5 Å². The highest BCUT2D eigenvalue weighted by molar-refractivity contribution is 7.99. The molecule has 8 heteroatoms. The topological polar surface area (TPSA) is 78.9 Å². The van der Waals surface area contributed by atoms with E-state index in [0.29, 0.717) is 18.4 Å². The Balaban J connectivity index is 1.65. The number of methoxy groups -OCH3 is 1. The minimum absolute atomic E-state index is 0.0560. The van der Waals surface area contributed by atoms with Gasteiger partial charge in [-0.25, -0.2) is 0 Å². The van der Waals surface area contributed by atoms with E-state index in [1.54, 1.807) is 25.2 Å². The van der Waals surface area contributed by atoms with Crippen molar-refractivity contribution >= 4 is 11.8 Å². The normalized spacial score (nSPS) is 16.5. The molecule has 1 atom stereocenters. The molecule has 108 valence electrons. The summed E-state index contributed by atoms with van der Waals surface area (Å²) in [6, 6.07) is 0. The van der Waals surface area contributed by atoms with Crippen LogP contribution in [0.3, 0.4) is 0 Å². The average molecular weight is 295 g/mol. The Bertz CT molecular complexity index is 566. The molecule has 1 fully saturated rings. The van der Waals surface area contributed by atoms with Crippen molar-refractivity contribution in [3.05, 3.63) is 18.0 Å². The number of hydrogen-bond donors (Lipinski definition) is 0. The van der Waals surface area contributed by atoms with E-state index in [1.165, 1.54) is 12.8 Å². The lowest BCUT2D eigenvalue weighted by Crippen LogP contribution is -2.05. The summed E-state index contributed by atoms with van der Waals surface area (Å²) in [6.45, 7) is 3.40. The summed E-state index contributed by atoms with van der Waals surface area (Å²) in [6.07, 6.45) is 4.05. The quantitative estimate of drug-likeness (QED) is 0.723. The van der Waals surface area contributed by atoms with E-state index in [4.69, 9.17) is 9.26 Å². The van der Waals surface area contributed by atoms with E-state index in [0.717, 1.165) is 17.5 Å². The van der Waals surface area contributed by atoms with E-state index < -0.39 is 0 Å². The van der Waals surface area contributed by atoms with Crippen LogP contribution in [0.25, 0.3) is 0 Å². The zero-order valence-electron chi connectivity index (χ0n) is 11.5. The van der Waals surface area contributed by atoms with Crippen molar-refractivity contribution in [1.29, 1.82) is 0 Å². The molecule has 1 saturated carbocycles. The molecule has 0 N–H and O–H groups in total. The third-order valence-corrected chi connectivity index (χ3v) is 4.23. The lowest BCUT2D eigenvalue weighted by atomic mass is 10.4. The van der Waals surface area contributed by atoms with Crippen LogP contribution in [0.4, 0.5) is 0 Å². The van der Waals surface area contributed by atoms with Crippen LogP contribution in [-0.4, -0.2) is 38.6 Å². The van der Waals surface area contributed by atoms with Crippen molar-refractivity contribution in [3.63, 3.8) is 0 Å². The maximum Gasteiger partial charge on any atom is 0.239 e. The van der Waals surface area contributed by atoms with Gasteiger partial charge in [-0.1, -0.05) is 16.9 Å². The molecule has 0 aliphatic heterocycles. The zero-order chi connectivity index (χ0) is 13.9. The highest BCUT2D eigenvalue weighted by Crippen LogP contribution is 2.40. The Morgan fingerprint density at radius 3 is 3.15 bits per heavy atom. The second-order valence-corrected chi connectivity index (χ2v) is 6.13. The highest BCUT2D eigenvalue weighted by atomic mass is 32.2. The number of thioether (sulfide) groups is 1. The van der Waals surface area contributed by atoms with Gasteiger partial charge in [0, 0.05) is 19.6 Å². The van der Waals surface area contributed by atoms with Crippen LogP contribution in [-0.2, 0) is 11.3 Å². The zero-order valence-corrected chi connectivity index (χ0v) is 12.3. The van der Waals surface area contributed by atoms with Gasteiger partial charge in [-0.2, -0.15) is 4.98 Å². The molecule has 1 aliphatic rings. The van der Waals surface area contributed by atoms with Gasteiger partial charge in [-0.05, 0) is 19.8 Å². The molecule has 0 spiro atoms. The van der Waals surface area contributed by atoms with Gasteiger partial charge >= 0.3 is 0 Å². The molecule has 0 bridgehead atoms. The van der Waals surface area contributed by atoms with Crippen LogP contribution in [0.2, 0.25) is 0 Å². The third-order valence-electron chi connectivity index (χ3n) is 3.15. The summed E-state index contributed by atoms with van der Waals surface area (Å²) in [5.74, 6) is 2.00. The summed E-state index contributed by atoms with van der Waals surface area (Å²) < 4.78 is 12.4. The third kappa shape index (κ3) is 3.01. The predicted octanol–water partition coefficient (Wildman–Crippen LogP) is 2.04. The molecule has 1 aliphatic carbocycles. The summed E-state index contributed by atoms with van der Waals surface area (Å²) in [5.41, 5.74) is 0. The first kappa shape index (κ1) is 13.6. The standard InChI is InChI=1S/C12H17N5O2S/c1-8(11-14-10(16-19-11)9-3-4-9)20-12-15-13-7-17(12)5-6-18-2/h7-9H,3-6H2,1-2H3/t8-/m0/s1. The first-order valence-corrected chi connectivity index (χ1v) is 7.52. The van der Waals surface area contributed by atoms with Gasteiger partial charge in [-0.15, -0.1) is 10.2 Å². The number of nitrogens with zero attached hydrogens (tertiary/aromatic N) is 5. The van der Waals surface area contributed by atoms with E-state index in [2.05, 4.69) is 20.3 Å². The summed E-state index contributed by atoms with van der Waals surface area (Å²) in [7, 11) is 1.68. The smallest absolute Gasteiger partial charge is 0.239 e. The van der Waals surface area contributed by atoms with Crippen molar-refractivity contribution in [2.45, 2.75) is 42.6 Å². The molecule has 7 nitrogen and oxygen atoms in total. The van der Waals surface area contributed by atoms with Crippen LogP contribution in [0.1, 0.15) is 42.6 Å². The van der Waals surface area contributed by atoms with E-state index in [-0.39, 0.29) is 5.25 Å². The molecule has 2 aromatic heterocycles. The van der Waals surface area contributed by atoms with Crippen LogP contribution in [0.15, 0.2) is 16.0 Å². The monoisotopic (exact) mass is 295 g/mol. The Morgan fingerprint density at radius 1 is 1.55 bits per heavy atom. The fraction of sp³-hybridized carbons (Fsp3) is 0.667. The molecule has 0 unspecified atom stereocenters. The van der Waals surface area contributed by atoms with Crippen molar-refractivity contribution in [2.24, 2.45) is 0 Å². The minimum Gasteiger partial charge on any atom is -0.383 e. The number of aromatic nitrogens is 5. The summed E-state index contributed by atoms with van der Waals surface area (Å²) in [5, 5.41) is 13.0. The Labute approximate surface area is 121 Å². The summed E-state index contributed by atoms with van der Waals surface area (Å²) >= 11 is 1.56. The maximum absolute atomic E-state index is 5.33. The van der Waals surface area contributed by atoms with Gasteiger partial charge in [-0.3, -0.25) is 0 Å². The predicted molar refractivity (Wildman–Crippen MR) is 72.4 cm³/mol. The summed E-state index contributed by atoms with van der Waals surface area (Å²) in [4.78, 5) is 4.46. The van der Waals surface area contributed by atoms with Crippen LogP contribution in [0, 0.1) is 0 Å². The van der Waals surface area contributed by atoms with Crippen molar-refractivity contribution in [2.75, 3.05) is 13.7 Å². The molecule has 2 heterocycles. The minimum atomic E-state index is 0.0560. The molecule has 3 rings (SSSR count). The Morgan fingerprint density at radius 2 is 2.40 bits per heavy atom. The van der Waals surface area contributed by atoms with E-state index >= 15 is 0 Å². The van der Waals surface area contributed by atoms with Crippen LogP contribution < -0.4 is 0 Å². The van der Waals surface area contributed by atoms with Gasteiger partial charge in [0.2, 0.25) is 5.89 Å². The molecule has 20 heavy (non-hydrogen) atoms. The first-order chi connectivity index (χ1) is 9.78. The largest absolute Gasteiger partial charge is 0.383 e. The molecule has 0 saturated heterocycles. The molecular weight excluding hydrogens is 278 g/mol. The first-order valence-electron chi connectivity index (χ1n) is 6.65.